The summed E-state index contributed by atoms with van der Waals surface area (Å²) in [4.78, 5) is 28.3. The zero-order chi connectivity index (χ0) is 13.2. The smallest absolute Gasteiger partial charge is 0.245 e. The largest absolute Gasteiger partial charge is 0.331 e. The first-order valence-corrected chi connectivity index (χ1v) is 7.49. The molecule has 4 nitrogen and oxygen atoms in total. The summed E-state index contributed by atoms with van der Waals surface area (Å²) >= 11 is 0. The van der Waals surface area contributed by atoms with Gasteiger partial charge in [-0.15, -0.1) is 0 Å². The Kier molecular flexibility index (Phi) is 3.58. The fourth-order valence-corrected chi connectivity index (χ4v) is 3.52. The van der Waals surface area contributed by atoms with Gasteiger partial charge in [0.05, 0.1) is 6.54 Å². The van der Waals surface area contributed by atoms with Crippen molar-refractivity contribution in [3.05, 3.63) is 12.2 Å². The summed E-state index contributed by atoms with van der Waals surface area (Å²) in [6.45, 7) is 1.84. The molecule has 0 radical (unpaired) electrons. The van der Waals surface area contributed by atoms with Crippen LogP contribution < -0.4 is 0 Å². The van der Waals surface area contributed by atoms with Crippen LogP contribution in [0.3, 0.4) is 0 Å². The van der Waals surface area contributed by atoms with Gasteiger partial charge in [0.1, 0.15) is 6.04 Å². The van der Waals surface area contributed by atoms with E-state index in [1.165, 1.54) is 0 Å². The monoisotopic (exact) mass is 262 g/mol. The second kappa shape index (κ2) is 5.35. The minimum absolute atomic E-state index is 0.149. The van der Waals surface area contributed by atoms with Crippen LogP contribution in [0.15, 0.2) is 12.2 Å². The molecule has 0 aromatic carbocycles. The average molecular weight is 262 g/mol. The van der Waals surface area contributed by atoms with E-state index in [-0.39, 0.29) is 17.9 Å². The maximum absolute atomic E-state index is 12.5. The molecule has 2 heterocycles. The van der Waals surface area contributed by atoms with Gasteiger partial charge in [-0.3, -0.25) is 9.59 Å². The molecule has 0 N–H and O–H groups in total. The SMILES string of the molecule is O=C1C2CCCCN2C(=O)CN1CC1CC=CCC1. The van der Waals surface area contributed by atoms with Crippen molar-refractivity contribution in [3.63, 3.8) is 0 Å². The maximum Gasteiger partial charge on any atom is 0.245 e. The Morgan fingerprint density at radius 3 is 2.84 bits per heavy atom. The molecule has 2 aliphatic heterocycles. The van der Waals surface area contributed by atoms with Gasteiger partial charge in [-0.2, -0.15) is 0 Å². The average Bonchev–Trinajstić information content (AvgIpc) is 2.46. The summed E-state index contributed by atoms with van der Waals surface area (Å²) in [5.74, 6) is 0.876. The van der Waals surface area contributed by atoms with E-state index in [2.05, 4.69) is 12.2 Å². The number of carbonyl (C=O) groups is 2. The van der Waals surface area contributed by atoms with Gasteiger partial charge in [-0.05, 0) is 44.4 Å². The molecule has 3 aliphatic rings. The second-order valence-electron chi connectivity index (χ2n) is 5.97. The van der Waals surface area contributed by atoms with Gasteiger partial charge in [0.2, 0.25) is 11.8 Å². The van der Waals surface area contributed by atoms with Gasteiger partial charge in [0.15, 0.2) is 0 Å². The molecule has 2 amide bonds. The second-order valence-corrected chi connectivity index (χ2v) is 5.97. The minimum atomic E-state index is -0.158. The first-order valence-electron chi connectivity index (χ1n) is 7.49. The number of fused-ring (bicyclic) bond motifs is 1. The number of allylic oxidation sites excluding steroid dienone is 2. The van der Waals surface area contributed by atoms with Gasteiger partial charge in [-0.25, -0.2) is 0 Å². The fraction of sp³-hybridized carbons (Fsp3) is 0.733. The van der Waals surface area contributed by atoms with Crippen LogP contribution in [0.4, 0.5) is 0 Å². The van der Waals surface area contributed by atoms with E-state index in [0.717, 1.165) is 51.6 Å². The van der Waals surface area contributed by atoms with Crippen molar-refractivity contribution in [2.24, 2.45) is 5.92 Å². The van der Waals surface area contributed by atoms with Crippen LogP contribution in [0, 0.1) is 5.92 Å². The van der Waals surface area contributed by atoms with E-state index in [9.17, 15) is 9.59 Å². The van der Waals surface area contributed by atoms with Crippen molar-refractivity contribution in [2.45, 2.75) is 44.6 Å². The number of nitrogens with zero attached hydrogens (tertiary/aromatic N) is 2. The van der Waals surface area contributed by atoms with Crippen LogP contribution in [0.5, 0.6) is 0 Å². The highest BCUT2D eigenvalue weighted by atomic mass is 16.2. The Hall–Kier alpha value is -1.32. The molecule has 0 aromatic heterocycles. The zero-order valence-electron chi connectivity index (χ0n) is 11.4. The lowest BCUT2D eigenvalue weighted by Crippen LogP contribution is -2.61. The van der Waals surface area contributed by atoms with Crippen molar-refractivity contribution < 1.29 is 9.59 Å². The molecule has 2 fully saturated rings. The lowest BCUT2D eigenvalue weighted by molar-refractivity contribution is -0.158. The number of piperidine rings is 1. The molecule has 0 aromatic rings. The summed E-state index contributed by atoms with van der Waals surface area (Å²) in [7, 11) is 0. The van der Waals surface area contributed by atoms with Crippen molar-refractivity contribution in [1.82, 2.24) is 9.80 Å². The van der Waals surface area contributed by atoms with Crippen molar-refractivity contribution in [1.29, 1.82) is 0 Å². The standard InChI is InChI=1S/C15H22N2O2/c18-14-11-16(10-12-6-2-1-3-7-12)15(19)13-8-4-5-9-17(13)14/h1-2,12-13H,3-11H2. The Morgan fingerprint density at radius 2 is 2.05 bits per heavy atom. The lowest BCUT2D eigenvalue weighted by atomic mass is 9.92. The molecular formula is C15H22N2O2. The van der Waals surface area contributed by atoms with Crippen molar-refractivity contribution in [2.75, 3.05) is 19.6 Å². The van der Waals surface area contributed by atoms with Crippen LogP contribution >= 0.6 is 0 Å². The molecule has 2 atom stereocenters. The summed E-state index contributed by atoms with van der Waals surface area (Å²) in [6.07, 6.45) is 10.7. The predicted molar refractivity (Wildman–Crippen MR) is 72.4 cm³/mol. The van der Waals surface area contributed by atoms with Crippen LogP contribution in [0.1, 0.15) is 38.5 Å². The summed E-state index contributed by atoms with van der Waals surface area (Å²) in [5.41, 5.74) is 0. The molecule has 0 saturated carbocycles. The molecule has 2 saturated heterocycles. The van der Waals surface area contributed by atoms with E-state index in [4.69, 9.17) is 0 Å². The van der Waals surface area contributed by atoms with E-state index in [1.54, 1.807) is 0 Å². The molecular weight excluding hydrogens is 240 g/mol. The fourth-order valence-electron chi connectivity index (χ4n) is 3.52. The molecule has 0 spiro atoms. The zero-order valence-corrected chi connectivity index (χ0v) is 11.4. The lowest BCUT2D eigenvalue weighted by Gasteiger charge is -2.43. The molecule has 104 valence electrons. The normalized spacial score (nSPS) is 31.6. The third-order valence-electron chi connectivity index (χ3n) is 4.60. The summed E-state index contributed by atoms with van der Waals surface area (Å²) in [5, 5.41) is 0. The highest BCUT2D eigenvalue weighted by Crippen LogP contribution is 2.26. The highest BCUT2D eigenvalue weighted by Gasteiger charge is 2.40. The number of rotatable bonds is 2. The summed E-state index contributed by atoms with van der Waals surface area (Å²) in [6, 6.07) is -0.158. The number of hydrogen-bond donors (Lipinski definition) is 0. The number of hydrogen-bond acceptors (Lipinski definition) is 2. The molecule has 3 rings (SSSR count). The molecule has 0 bridgehead atoms. The van der Waals surface area contributed by atoms with Crippen molar-refractivity contribution >= 4 is 11.8 Å². The van der Waals surface area contributed by atoms with E-state index in [0.29, 0.717) is 12.5 Å². The first-order chi connectivity index (χ1) is 9.25. The van der Waals surface area contributed by atoms with Gasteiger partial charge in [0.25, 0.3) is 0 Å². The van der Waals surface area contributed by atoms with Gasteiger partial charge < -0.3 is 9.80 Å². The topological polar surface area (TPSA) is 40.6 Å². The van der Waals surface area contributed by atoms with Crippen LogP contribution in [0.2, 0.25) is 0 Å². The van der Waals surface area contributed by atoms with Crippen LogP contribution in [0.25, 0.3) is 0 Å². The van der Waals surface area contributed by atoms with Crippen LogP contribution in [-0.4, -0.2) is 47.3 Å². The molecule has 1 aliphatic carbocycles. The van der Waals surface area contributed by atoms with E-state index in [1.807, 2.05) is 9.80 Å². The van der Waals surface area contributed by atoms with Gasteiger partial charge in [0, 0.05) is 13.1 Å². The first kappa shape index (κ1) is 12.7. The number of amides is 2. The predicted octanol–water partition coefficient (Wildman–Crippen LogP) is 1.57. The van der Waals surface area contributed by atoms with E-state index >= 15 is 0 Å². The van der Waals surface area contributed by atoms with Gasteiger partial charge >= 0.3 is 0 Å². The molecule has 4 heteroatoms. The summed E-state index contributed by atoms with van der Waals surface area (Å²) < 4.78 is 0. The van der Waals surface area contributed by atoms with Gasteiger partial charge in [-0.1, -0.05) is 12.2 Å². The number of carbonyl (C=O) groups excluding carboxylic acids is 2. The maximum atomic E-state index is 12.5. The Labute approximate surface area is 114 Å². The highest BCUT2D eigenvalue weighted by molar-refractivity contribution is 5.95. The quantitative estimate of drug-likeness (QED) is 0.709. The van der Waals surface area contributed by atoms with Crippen molar-refractivity contribution in [3.8, 4) is 0 Å². The van der Waals surface area contributed by atoms with Crippen LogP contribution in [-0.2, 0) is 9.59 Å². The Morgan fingerprint density at radius 1 is 1.16 bits per heavy atom. The number of piperazine rings is 1. The molecule has 2 unspecified atom stereocenters. The van der Waals surface area contributed by atoms with E-state index < -0.39 is 0 Å². The third kappa shape index (κ3) is 2.53. The Bertz CT molecular complexity index is 405. The third-order valence-corrected chi connectivity index (χ3v) is 4.60. The Balaban J connectivity index is 1.67. The molecule has 19 heavy (non-hydrogen) atoms. The minimum Gasteiger partial charge on any atom is -0.331 e.